The molecule has 11 heteroatoms. The molecule has 0 aliphatic rings. The van der Waals surface area contributed by atoms with Gasteiger partial charge in [0.25, 0.3) is 0 Å². The molecule has 8 N–H and O–H groups in total. The summed E-state index contributed by atoms with van der Waals surface area (Å²) in [6.45, 7) is 0. The number of phenolic OH excluding ortho intramolecular Hbond substituents is 4. The predicted molar refractivity (Wildman–Crippen MR) is 99.4 cm³/mol. The molecule has 0 fully saturated rings. The number of carboxylic acid groups (broad SMARTS) is 2. The van der Waals surface area contributed by atoms with Crippen LogP contribution < -0.4 is 17.4 Å². The fourth-order valence-corrected chi connectivity index (χ4v) is 2.60. The van der Waals surface area contributed by atoms with E-state index >= 15 is 0 Å². The zero-order valence-electron chi connectivity index (χ0n) is 14.9. The molecule has 4 rings (SSSR count). The Hall–Kier alpha value is -4.18. The van der Waals surface area contributed by atoms with E-state index in [1.165, 1.54) is 42.6 Å². The number of halogens is 1. The minimum absolute atomic E-state index is 0. The molecule has 2 heterocycles. The lowest BCUT2D eigenvalue weighted by Gasteiger charge is -1.98. The number of nitrogens with one attached hydrogen (secondary N) is 2. The highest BCUT2D eigenvalue weighted by molar-refractivity contribution is 5.95. The maximum Gasteiger partial charge on any atom is 0.352 e. The van der Waals surface area contributed by atoms with E-state index in [4.69, 9.17) is 20.4 Å². The van der Waals surface area contributed by atoms with E-state index in [2.05, 4.69) is 9.97 Å². The Labute approximate surface area is 173 Å². The van der Waals surface area contributed by atoms with Gasteiger partial charge in [-0.1, -0.05) is 0 Å². The first-order valence-electron chi connectivity index (χ1n) is 8.04. The van der Waals surface area contributed by atoms with E-state index in [0.717, 1.165) is 0 Å². The molecule has 0 amide bonds. The SMILES string of the molecule is O=C(O)c1c[nH+]c2cc(O)c(O)cc2c1.O=C(O)c1cc2cc(O)c(O)cc2[nH]1.[Cl-]. The number of aromatic hydroxyl groups is 4. The Kier molecular flexibility index (Phi) is 6.23. The smallest absolute Gasteiger partial charge is 0.352 e. The second-order valence-electron chi connectivity index (χ2n) is 6.04. The first-order chi connectivity index (χ1) is 13.7. The molecule has 0 radical (unpaired) electrons. The fourth-order valence-electron chi connectivity index (χ4n) is 2.60. The largest absolute Gasteiger partial charge is 1.00 e. The van der Waals surface area contributed by atoms with Crippen molar-refractivity contribution >= 4 is 33.7 Å². The van der Waals surface area contributed by atoms with Crippen molar-refractivity contribution in [3.8, 4) is 23.0 Å². The molecule has 2 aromatic heterocycles. The summed E-state index contributed by atoms with van der Waals surface area (Å²) < 4.78 is 0. The van der Waals surface area contributed by atoms with Crippen LogP contribution in [0.25, 0.3) is 21.8 Å². The van der Waals surface area contributed by atoms with Crippen LogP contribution in [0.3, 0.4) is 0 Å². The van der Waals surface area contributed by atoms with E-state index in [1.807, 2.05) is 0 Å². The monoisotopic (exact) mass is 434 g/mol. The summed E-state index contributed by atoms with van der Waals surface area (Å²) in [6.07, 6.45) is 1.32. The van der Waals surface area contributed by atoms with Gasteiger partial charge in [-0.25, -0.2) is 14.6 Å². The van der Waals surface area contributed by atoms with Crippen molar-refractivity contribution in [1.82, 2.24) is 4.98 Å². The van der Waals surface area contributed by atoms with Crippen LogP contribution in [-0.4, -0.2) is 47.6 Å². The van der Waals surface area contributed by atoms with Crippen molar-refractivity contribution in [2.75, 3.05) is 0 Å². The number of carboxylic acids is 2. The summed E-state index contributed by atoms with van der Waals surface area (Å²) >= 11 is 0. The molecule has 30 heavy (non-hydrogen) atoms. The maximum absolute atomic E-state index is 10.7. The van der Waals surface area contributed by atoms with Gasteiger partial charge in [-0.05, 0) is 24.3 Å². The molecule has 0 unspecified atom stereocenters. The number of aromatic carboxylic acids is 2. The van der Waals surface area contributed by atoms with Crippen molar-refractivity contribution in [3.05, 3.63) is 53.9 Å². The molecular weight excluding hydrogens is 420 g/mol. The van der Waals surface area contributed by atoms with Gasteiger partial charge >= 0.3 is 11.9 Å². The Morgan fingerprint density at radius 3 is 1.90 bits per heavy atom. The van der Waals surface area contributed by atoms with Crippen molar-refractivity contribution < 1.29 is 57.6 Å². The third-order valence-electron chi connectivity index (χ3n) is 4.03. The summed E-state index contributed by atoms with van der Waals surface area (Å²) in [4.78, 5) is 26.6. The summed E-state index contributed by atoms with van der Waals surface area (Å²) in [5, 5.41) is 55.2. The van der Waals surface area contributed by atoms with E-state index in [1.54, 1.807) is 0 Å². The average Bonchev–Trinajstić information content (AvgIpc) is 3.06. The van der Waals surface area contributed by atoms with Crippen LogP contribution in [0.4, 0.5) is 0 Å². The molecule has 0 aliphatic carbocycles. The van der Waals surface area contributed by atoms with Crippen molar-refractivity contribution in [1.29, 1.82) is 0 Å². The third-order valence-corrected chi connectivity index (χ3v) is 4.03. The van der Waals surface area contributed by atoms with Gasteiger partial charge in [0.05, 0.1) is 17.0 Å². The van der Waals surface area contributed by atoms with Gasteiger partial charge < -0.3 is 48.0 Å². The first-order valence-corrected chi connectivity index (χ1v) is 8.04. The standard InChI is InChI=1S/C10H7NO4.C9H7NO4.ClH/c12-8-2-5-1-6(10(14)15)4-11-7(5)3-9(8)13;11-7-2-4-1-6(9(13)14)10-5(4)3-8(7)12;/h1-4,12-13H,(H,14,15);1-3,10-12H,(H,13,14);1H. The number of aromatic nitrogens is 2. The van der Waals surface area contributed by atoms with Gasteiger partial charge in [0.1, 0.15) is 11.3 Å². The molecule has 0 bridgehead atoms. The molecule has 0 saturated heterocycles. The molecule has 0 spiro atoms. The number of pyridine rings is 1. The Balaban J connectivity index is 0.000000207. The van der Waals surface area contributed by atoms with Crippen LogP contribution >= 0.6 is 0 Å². The normalized spacial score (nSPS) is 10.1. The van der Waals surface area contributed by atoms with Crippen LogP contribution in [0.2, 0.25) is 0 Å². The Morgan fingerprint density at radius 2 is 1.30 bits per heavy atom. The lowest BCUT2D eigenvalue weighted by Crippen LogP contribution is -3.00. The van der Waals surface area contributed by atoms with E-state index in [9.17, 15) is 19.8 Å². The van der Waals surface area contributed by atoms with Crippen LogP contribution in [0.5, 0.6) is 23.0 Å². The molecule has 0 aliphatic heterocycles. The van der Waals surface area contributed by atoms with Crippen LogP contribution in [0.1, 0.15) is 20.8 Å². The van der Waals surface area contributed by atoms with Gasteiger partial charge in [0.15, 0.2) is 29.2 Å². The molecule has 156 valence electrons. The lowest BCUT2D eigenvalue weighted by molar-refractivity contribution is -0.345. The second kappa shape index (κ2) is 8.45. The fraction of sp³-hybridized carbons (Fsp3) is 0. The van der Waals surface area contributed by atoms with Crippen molar-refractivity contribution in [3.63, 3.8) is 0 Å². The molecule has 2 aromatic carbocycles. The predicted octanol–water partition coefficient (Wildman–Crippen LogP) is -0.955. The number of hydrogen-bond donors (Lipinski definition) is 7. The van der Waals surface area contributed by atoms with Gasteiger partial charge in [-0.2, -0.15) is 0 Å². The number of H-pyrrole nitrogens is 2. The zero-order chi connectivity index (χ0) is 21.3. The Bertz CT molecular complexity index is 1230. The van der Waals surface area contributed by atoms with Crippen LogP contribution in [0.15, 0.2) is 42.6 Å². The maximum atomic E-state index is 10.7. The van der Waals surface area contributed by atoms with Crippen LogP contribution in [0, 0.1) is 0 Å². The highest BCUT2D eigenvalue weighted by Gasteiger charge is 2.12. The summed E-state index contributed by atoms with van der Waals surface area (Å²) in [5.74, 6) is -3.22. The summed E-state index contributed by atoms with van der Waals surface area (Å²) in [6, 6.07) is 8.00. The van der Waals surface area contributed by atoms with E-state index < -0.39 is 11.9 Å². The second-order valence-corrected chi connectivity index (χ2v) is 6.04. The number of benzene rings is 2. The number of rotatable bonds is 2. The number of phenols is 4. The average molecular weight is 435 g/mol. The minimum atomic E-state index is -1.08. The number of carbonyl (C=O) groups is 2. The molecule has 10 nitrogen and oxygen atoms in total. The topological polar surface area (TPSA) is 185 Å². The molecular formula is C19H15ClN2O8. The van der Waals surface area contributed by atoms with E-state index in [-0.39, 0.29) is 46.7 Å². The van der Waals surface area contributed by atoms with Crippen LogP contribution in [-0.2, 0) is 0 Å². The number of fused-ring (bicyclic) bond motifs is 2. The van der Waals surface area contributed by atoms with Gasteiger partial charge in [0.2, 0.25) is 5.52 Å². The number of hydrogen-bond acceptors (Lipinski definition) is 6. The molecule has 4 aromatic rings. The minimum Gasteiger partial charge on any atom is -1.00 e. The highest BCUT2D eigenvalue weighted by Crippen LogP contribution is 2.30. The number of aromatic amines is 2. The van der Waals surface area contributed by atoms with Crippen molar-refractivity contribution in [2.45, 2.75) is 0 Å². The zero-order valence-corrected chi connectivity index (χ0v) is 15.7. The highest BCUT2D eigenvalue weighted by atomic mass is 35.5. The molecule has 0 saturated carbocycles. The van der Waals surface area contributed by atoms with Gasteiger partial charge in [0, 0.05) is 11.5 Å². The lowest BCUT2D eigenvalue weighted by atomic mass is 10.1. The molecule has 0 atom stereocenters. The quantitative estimate of drug-likeness (QED) is 0.197. The van der Waals surface area contributed by atoms with E-state index in [0.29, 0.717) is 21.8 Å². The third kappa shape index (κ3) is 4.45. The first kappa shape index (κ1) is 22.1. The Morgan fingerprint density at radius 1 is 0.733 bits per heavy atom. The van der Waals surface area contributed by atoms with Gasteiger partial charge in [-0.15, -0.1) is 0 Å². The van der Waals surface area contributed by atoms with Gasteiger partial charge in [-0.3, -0.25) is 0 Å². The van der Waals surface area contributed by atoms with Crippen molar-refractivity contribution in [2.24, 2.45) is 0 Å². The summed E-state index contributed by atoms with van der Waals surface area (Å²) in [5.41, 5.74) is 1.13. The summed E-state index contributed by atoms with van der Waals surface area (Å²) in [7, 11) is 0.